The van der Waals surface area contributed by atoms with E-state index in [-0.39, 0.29) is 0 Å². The highest BCUT2D eigenvalue weighted by atomic mass is 32.1. The van der Waals surface area contributed by atoms with Crippen LogP contribution in [0.15, 0.2) is 0 Å². The van der Waals surface area contributed by atoms with Gasteiger partial charge in [-0.15, -0.1) is 0 Å². The van der Waals surface area contributed by atoms with E-state index in [1.54, 1.807) is 0 Å². The van der Waals surface area contributed by atoms with E-state index in [0.717, 1.165) is 5.75 Å². The van der Waals surface area contributed by atoms with Crippen LogP contribution in [0.25, 0.3) is 0 Å². The molecule has 0 rings (SSSR count). The normalized spacial score (nSPS) is 11.2. The first-order valence-electron chi connectivity index (χ1n) is 7.03. The maximum absolute atomic E-state index is 4.22. The molecule has 0 saturated heterocycles. The highest BCUT2D eigenvalue weighted by Crippen LogP contribution is 2.10. The molecular weight excluding hydrogens is 214 g/mol. The highest BCUT2D eigenvalue weighted by molar-refractivity contribution is 7.80. The van der Waals surface area contributed by atoms with Gasteiger partial charge in [0.2, 0.25) is 0 Å². The van der Waals surface area contributed by atoms with Crippen LogP contribution < -0.4 is 0 Å². The standard InChI is InChI=1S/C14H31NS/c1-15(2)13-11-9-7-5-3-4-6-8-10-12-14-16/h16H,3-14H2,1-2H3. The fourth-order valence-corrected chi connectivity index (χ4v) is 2.18. The lowest BCUT2D eigenvalue weighted by molar-refractivity contribution is 0.389. The Morgan fingerprint density at radius 2 is 1.00 bits per heavy atom. The van der Waals surface area contributed by atoms with E-state index in [1.807, 2.05) is 0 Å². The number of thiol groups is 1. The van der Waals surface area contributed by atoms with E-state index in [4.69, 9.17) is 0 Å². The number of nitrogens with zero attached hydrogens (tertiary/aromatic N) is 1. The maximum atomic E-state index is 4.22. The molecule has 0 heterocycles. The van der Waals surface area contributed by atoms with Crippen LogP contribution in [0, 0.1) is 0 Å². The van der Waals surface area contributed by atoms with Crippen LogP contribution in [0.5, 0.6) is 0 Å². The second-order valence-electron chi connectivity index (χ2n) is 5.06. The van der Waals surface area contributed by atoms with Gasteiger partial charge in [-0.3, -0.25) is 0 Å². The first-order valence-corrected chi connectivity index (χ1v) is 7.66. The van der Waals surface area contributed by atoms with E-state index in [1.165, 1.54) is 70.8 Å². The third kappa shape index (κ3) is 14.3. The van der Waals surface area contributed by atoms with Crippen molar-refractivity contribution in [3.8, 4) is 0 Å². The summed E-state index contributed by atoms with van der Waals surface area (Å²) in [5.41, 5.74) is 0. The molecule has 16 heavy (non-hydrogen) atoms. The minimum Gasteiger partial charge on any atom is -0.309 e. The molecule has 0 aliphatic rings. The Hall–Kier alpha value is 0.310. The molecule has 1 nitrogen and oxygen atoms in total. The first kappa shape index (κ1) is 16.3. The van der Waals surface area contributed by atoms with Crippen LogP contribution in [0.3, 0.4) is 0 Å². The van der Waals surface area contributed by atoms with Crippen molar-refractivity contribution in [1.82, 2.24) is 4.90 Å². The summed E-state index contributed by atoms with van der Waals surface area (Å²) in [4.78, 5) is 2.28. The average Bonchev–Trinajstić information content (AvgIpc) is 2.25. The Balaban J connectivity index is 2.88. The fraction of sp³-hybridized carbons (Fsp3) is 1.00. The Kier molecular flexibility index (Phi) is 13.6. The highest BCUT2D eigenvalue weighted by Gasteiger charge is 1.93. The van der Waals surface area contributed by atoms with Crippen LogP contribution in [0.1, 0.15) is 64.2 Å². The number of rotatable bonds is 12. The summed E-state index contributed by atoms with van der Waals surface area (Å²) in [6.45, 7) is 1.25. The molecular formula is C14H31NS. The summed E-state index contributed by atoms with van der Waals surface area (Å²) in [6, 6.07) is 0. The molecule has 0 amide bonds. The Morgan fingerprint density at radius 1 is 0.625 bits per heavy atom. The van der Waals surface area contributed by atoms with Crippen molar-refractivity contribution in [2.24, 2.45) is 0 Å². The van der Waals surface area contributed by atoms with Gasteiger partial charge in [0.25, 0.3) is 0 Å². The van der Waals surface area contributed by atoms with Gasteiger partial charge in [0, 0.05) is 0 Å². The van der Waals surface area contributed by atoms with E-state index in [2.05, 4.69) is 31.6 Å². The first-order chi connectivity index (χ1) is 7.77. The molecule has 98 valence electrons. The van der Waals surface area contributed by atoms with Crippen molar-refractivity contribution in [2.75, 3.05) is 26.4 Å². The zero-order valence-corrected chi connectivity index (χ0v) is 12.3. The molecule has 0 unspecified atom stereocenters. The van der Waals surface area contributed by atoms with Crippen molar-refractivity contribution >= 4 is 12.6 Å². The van der Waals surface area contributed by atoms with Gasteiger partial charge in [-0.1, -0.05) is 51.4 Å². The summed E-state index contributed by atoms with van der Waals surface area (Å²) in [6.07, 6.45) is 14.1. The topological polar surface area (TPSA) is 3.24 Å². The monoisotopic (exact) mass is 245 g/mol. The molecule has 0 spiro atoms. The van der Waals surface area contributed by atoms with Gasteiger partial charge in [-0.05, 0) is 39.2 Å². The van der Waals surface area contributed by atoms with Crippen molar-refractivity contribution in [3.63, 3.8) is 0 Å². The minimum atomic E-state index is 1.06. The minimum absolute atomic E-state index is 1.06. The van der Waals surface area contributed by atoms with Crippen LogP contribution in [0.4, 0.5) is 0 Å². The van der Waals surface area contributed by atoms with E-state index in [9.17, 15) is 0 Å². The van der Waals surface area contributed by atoms with Crippen molar-refractivity contribution in [2.45, 2.75) is 64.2 Å². The van der Waals surface area contributed by atoms with Crippen molar-refractivity contribution in [1.29, 1.82) is 0 Å². The third-order valence-corrected chi connectivity index (χ3v) is 3.33. The number of unbranched alkanes of at least 4 members (excludes halogenated alkanes) is 9. The van der Waals surface area contributed by atoms with Gasteiger partial charge < -0.3 is 4.90 Å². The summed E-state index contributed by atoms with van der Waals surface area (Å²) in [7, 11) is 4.32. The Labute approximate surface area is 108 Å². The second-order valence-corrected chi connectivity index (χ2v) is 5.51. The van der Waals surface area contributed by atoms with Crippen LogP contribution in [0.2, 0.25) is 0 Å². The van der Waals surface area contributed by atoms with Gasteiger partial charge in [0.15, 0.2) is 0 Å². The van der Waals surface area contributed by atoms with Crippen molar-refractivity contribution < 1.29 is 0 Å². The number of hydrogen-bond donors (Lipinski definition) is 1. The molecule has 0 aliphatic carbocycles. The molecule has 2 heteroatoms. The van der Waals surface area contributed by atoms with Crippen LogP contribution >= 0.6 is 12.6 Å². The molecule has 0 radical (unpaired) electrons. The van der Waals surface area contributed by atoms with Gasteiger partial charge in [0.05, 0.1) is 0 Å². The lowest BCUT2D eigenvalue weighted by atomic mass is 10.1. The average molecular weight is 245 g/mol. The molecule has 0 atom stereocenters. The predicted octanol–water partition coefficient (Wildman–Crippen LogP) is 4.38. The van der Waals surface area contributed by atoms with Crippen LogP contribution in [-0.2, 0) is 0 Å². The van der Waals surface area contributed by atoms with Crippen LogP contribution in [-0.4, -0.2) is 31.3 Å². The van der Waals surface area contributed by atoms with Crippen molar-refractivity contribution in [3.05, 3.63) is 0 Å². The maximum Gasteiger partial charge on any atom is -0.00248 e. The lowest BCUT2D eigenvalue weighted by Gasteiger charge is -2.08. The fourth-order valence-electron chi connectivity index (χ4n) is 1.95. The Morgan fingerprint density at radius 3 is 1.38 bits per heavy atom. The molecule has 0 aliphatic heterocycles. The SMILES string of the molecule is CN(C)CCCCCCCCCCCCS. The molecule has 0 N–H and O–H groups in total. The van der Waals surface area contributed by atoms with E-state index >= 15 is 0 Å². The quantitative estimate of drug-likeness (QED) is 0.394. The largest absolute Gasteiger partial charge is 0.309 e. The molecule has 0 fully saturated rings. The van der Waals surface area contributed by atoms with Gasteiger partial charge in [-0.25, -0.2) is 0 Å². The van der Waals surface area contributed by atoms with Gasteiger partial charge in [0.1, 0.15) is 0 Å². The Bertz CT molecular complexity index is 126. The summed E-state index contributed by atoms with van der Waals surface area (Å²) < 4.78 is 0. The molecule has 0 aromatic rings. The zero-order chi connectivity index (χ0) is 12.1. The van der Waals surface area contributed by atoms with Gasteiger partial charge >= 0.3 is 0 Å². The number of hydrogen-bond acceptors (Lipinski definition) is 2. The second kappa shape index (κ2) is 13.4. The van der Waals surface area contributed by atoms with E-state index in [0.29, 0.717) is 0 Å². The van der Waals surface area contributed by atoms with Gasteiger partial charge in [-0.2, -0.15) is 12.6 Å². The third-order valence-electron chi connectivity index (χ3n) is 3.01. The summed E-state index contributed by atoms with van der Waals surface area (Å²) >= 11 is 4.22. The summed E-state index contributed by atoms with van der Waals surface area (Å²) in [5, 5.41) is 0. The molecule has 0 bridgehead atoms. The molecule has 0 saturated carbocycles. The molecule has 0 aromatic heterocycles. The molecule has 0 aromatic carbocycles. The van der Waals surface area contributed by atoms with E-state index < -0.39 is 0 Å². The smallest absolute Gasteiger partial charge is 0.00248 e. The lowest BCUT2D eigenvalue weighted by Crippen LogP contribution is -2.12. The predicted molar refractivity (Wildman–Crippen MR) is 78.6 cm³/mol. The zero-order valence-electron chi connectivity index (χ0n) is 11.4. The summed E-state index contributed by atoms with van der Waals surface area (Å²) in [5.74, 6) is 1.06.